The summed E-state index contributed by atoms with van der Waals surface area (Å²) in [5, 5.41) is 11.8. The van der Waals surface area contributed by atoms with E-state index in [-0.39, 0.29) is 18.2 Å². The van der Waals surface area contributed by atoms with Gasteiger partial charge in [-0.3, -0.25) is 19.3 Å². The van der Waals surface area contributed by atoms with Gasteiger partial charge in [-0.25, -0.2) is 0 Å². The van der Waals surface area contributed by atoms with E-state index in [0.29, 0.717) is 36.3 Å². The summed E-state index contributed by atoms with van der Waals surface area (Å²) in [5.41, 5.74) is 1.44. The normalized spacial score (nSPS) is 17.0. The van der Waals surface area contributed by atoms with Gasteiger partial charge in [-0.15, -0.1) is 0 Å². The van der Waals surface area contributed by atoms with Crippen molar-refractivity contribution in [3.8, 4) is 0 Å². The van der Waals surface area contributed by atoms with Crippen molar-refractivity contribution in [2.24, 2.45) is 5.92 Å². The van der Waals surface area contributed by atoms with Gasteiger partial charge in [-0.2, -0.15) is 0 Å². The maximum absolute atomic E-state index is 12.7. The Morgan fingerprint density at radius 2 is 1.73 bits per heavy atom. The number of rotatable bonds is 6. The van der Waals surface area contributed by atoms with Crippen molar-refractivity contribution in [1.82, 2.24) is 4.90 Å². The number of hydrogen-bond donors (Lipinski definition) is 2. The van der Waals surface area contributed by atoms with Crippen LogP contribution < -0.4 is 5.32 Å². The molecule has 1 saturated heterocycles. The number of carboxylic acids is 1. The minimum absolute atomic E-state index is 0.109. The van der Waals surface area contributed by atoms with Crippen molar-refractivity contribution >= 4 is 23.3 Å². The molecule has 0 saturated carbocycles. The molecule has 2 aromatic rings. The predicted octanol–water partition coefficient (Wildman–Crippen LogP) is 2.26. The maximum Gasteiger partial charge on any atom is 0.307 e. The number of aliphatic carboxylic acids is 1. The largest absolute Gasteiger partial charge is 0.481 e. The van der Waals surface area contributed by atoms with Crippen LogP contribution in [-0.4, -0.2) is 47.3 Å². The Hall–Kier alpha value is -2.99. The molecule has 0 radical (unpaired) electrons. The molecule has 6 nitrogen and oxygen atoms in total. The minimum atomic E-state index is -0.827. The molecule has 1 heterocycles. The van der Waals surface area contributed by atoms with Gasteiger partial charge in [0.15, 0.2) is 5.78 Å². The van der Waals surface area contributed by atoms with Crippen molar-refractivity contribution in [3.63, 3.8) is 0 Å². The first kappa shape index (κ1) is 17.8. The first-order valence-electron chi connectivity index (χ1n) is 8.48. The Morgan fingerprint density at radius 1 is 1.04 bits per heavy atom. The first-order valence-corrected chi connectivity index (χ1v) is 8.48. The number of para-hydroxylation sites is 1. The summed E-state index contributed by atoms with van der Waals surface area (Å²) in [6.45, 7) is 1.06. The molecule has 26 heavy (non-hydrogen) atoms. The van der Waals surface area contributed by atoms with Gasteiger partial charge in [-0.1, -0.05) is 42.5 Å². The quantitative estimate of drug-likeness (QED) is 0.779. The lowest BCUT2D eigenvalue weighted by molar-refractivity contribution is -0.141. The van der Waals surface area contributed by atoms with Crippen LogP contribution >= 0.6 is 0 Å². The van der Waals surface area contributed by atoms with Gasteiger partial charge in [0.2, 0.25) is 5.91 Å². The average molecular weight is 352 g/mol. The number of benzene rings is 2. The Labute approximate surface area is 151 Å². The second-order valence-electron chi connectivity index (χ2n) is 6.35. The smallest absolute Gasteiger partial charge is 0.307 e. The monoisotopic (exact) mass is 352 g/mol. The molecule has 0 aliphatic carbocycles. The number of carbonyl (C=O) groups is 3. The van der Waals surface area contributed by atoms with Crippen LogP contribution in [0.3, 0.4) is 0 Å². The van der Waals surface area contributed by atoms with Crippen LogP contribution in [0.2, 0.25) is 0 Å². The molecule has 0 bridgehead atoms. The number of carboxylic acid groups (broad SMARTS) is 1. The highest BCUT2D eigenvalue weighted by atomic mass is 16.4. The summed E-state index contributed by atoms with van der Waals surface area (Å²) in [5.74, 6) is -1.67. The van der Waals surface area contributed by atoms with Gasteiger partial charge < -0.3 is 10.4 Å². The van der Waals surface area contributed by atoms with Crippen molar-refractivity contribution in [1.29, 1.82) is 0 Å². The molecule has 1 aliphatic heterocycles. The van der Waals surface area contributed by atoms with Gasteiger partial charge in [0.25, 0.3) is 0 Å². The molecule has 1 aliphatic rings. The molecule has 3 rings (SSSR count). The molecule has 1 atom stereocenters. The second-order valence-corrected chi connectivity index (χ2v) is 6.35. The third kappa shape index (κ3) is 4.15. The van der Waals surface area contributed by atoms with E-state index in [1.54, 1.807) is 48.5 Å². The number of anilines is 1. The molecular weight excluding hydrogens is 332 g/mol. The molecule has 1 unspecified atom stereocenters. The van der Waals surface area contributed by atoms with Crippen LogP contribution in [0.1, 0.15) is 22.3 Å². The summed E-state index contributed by atoms with van der Waals surface area (Å²) < 4.78 is 0. The van der Waals surface area contributed by atoms with E-state index < -0.39 is 11.9 Å². The molecular formula is C20H20N2O4. The minimum Gasteiger partial charge on any atom is -0.481 e. The number of hydrogen-bond acceptors (Lipinski definition) is 4. The summed E-state index contributed by atoms with van der Waals surface area (Å²) in [6.07, 6.45) is 0.547. The van der Waals surface area contributed by atoms with Crippen molar-refractivity contribution in [3.05, 3.63) is 65.7 Å². The fraction of sp³-hybridized carbons (Fsp3) is 0.250. The molecule has 1 fully saturated rings. The fourth-order valence-electron chi connectivity index (χ4n) is 3.11. The molecule has 6 heteroatoms. The number of amides is 1. The fourth-order valence-corrected chi connectivity index (χ4v) is 3.11. The third-order valence-electron chi connectivity index (χ3n) is 4.47. The number of carbonyl (C=O) groups excluding carboxylic acids is 2. The Kier molecular flexibility index (Phi) is 5.43. The van der Waals surface area contributed by atoms with E-state index in [9.17, 15) is 14.4 Å². The zero-order valence-electron chi connectivity index (χ0n) is 14.2. The van der Waals surface area contributed by atoms with Crippen LogP contribution in [0.4, 0.5) is 5.69 Å². The summed E-state index contributed by atoms with van der Waals surface area (Å²) in [4.78, 5) is 37.9. The van der Waals surface area contributed by atoms with Gasteiger partial charge in [0.05, 0.1) is 18.2 Å². The van der Waals surface area contributed by atoms with Crippen LogP contribution in [0.25, 0.3) is 0 Å². The van der Waals surface area contributed by atoms with Crippen LogP contribution in [-0.2, 0) is 9.59 Å². The van der Waals surface area contributed by atoms with Gasteiger partial charge in [0, 0.05) is 17.7 Å². The van der Waals surface area contributed by atoms with Crippen molar-refractivity contribution < 1.29 is 19.5 Å². The van der Waals surface area contributed by atoms with Crippen LogP contribution in [0.5, 0.6) is 0 Å². The Balaban J connectivity index is 1.68. The molecule has 134 valence electrons. The molecule has 2 N–H and O–H groups in total. The highest BCUT2D eigenvalue weighted by molar-refractivity contribution is 6.13. The van der Waals surface area contributed by atoms with Gasteiger partial charge >= 0.3 is 5.97 Å². The molecule has 0 aromatic heterocycles. The summed E-state index contributed by atoms with van der Waals surface area (Å²) in [7, 11) is 0. The topological polar surface area (TPSA) is 86.7 Å². The lowest BCUT2D eigenvalue weighted by atomic mass is 10.0. The third-order valence-corrected chi connectivity index (χ3v) is 4.47. The zero-order valence-corrected chi connectivity index (χ0v) is 14.2. The van der Waals surface area contributed by atoms with E-state index >= 15 is 0 Å². The van der Waals surface area contributed by atoms with Crippen LogP contribution in [0.15, 0.2) is 54.6 Å². The van der Waals surface area contributed by atoms with Gasteiger partial charge in [-0.05, 0) is 25.1 Å². The lowest BCUT2D eigenvalue weighted by Crippen LogP contribution is -2.32. The van der Waals surface area contributed by atoms with Crippen molar-refractivity contribution in [2.75, 3.05) is 25.0 Å². The summed E-state index contributed by atoms with van der Waals surface area (Å²) >= 11 is 0. The SMILES string of the molecule is O=C(CN1CCC(C(=O)O)C1)Nc1ccccc1C(=O)c1ccccc1. The summed E-state index contributed by atoms with van der Waals surface area (Å²) in [6, 6.07) is 15.8. The number of likely N-dealkylation sites (tertiary alicyclic amines) is 1. The Bertz CT molecular complexity index is 820. The zero-order chi connectivity index (χ0) is 18.5. The Morgan fingerprint density at radius 3 is 2.42 bits per heavy atom. The van der Waals surface area contributed by atoms with Gasteiger partial charge in [0.1, 0.15) is 0 Å². The number of nitrogens with zero attached hydrogens (tertiary/aromatic N) is 1. The van der Waals surface area contributed by atoms with E-state index in [1.807, 2.05) is 11.0 Å². The molecule has 0 spiro atoms. The number of ketones is 1. The lowest BCUT2D eigenvalue weighted by Gasteiger charge is -2.16. The standard InChI is InChI=1S/C20H20N2O4/c23-18(13-22-11-10-15(12-22)20(25)26)21-17-9-5-4-8-16(17)19(24)14-6-2-1-3-7-14/h1-9,15H,10-13H2,(H,21,23)(H,25,26). The van der Waals surface area contributed by atoms with E-state index in [2.05, 4.69) is 5.32 Å². The number of nitrogens with one attached hydrogen (secondary N) is 1. The van der Waals surface area contributed by atoms with Crippen molar-refractivity contribution in [2.45, 2.75) is 6.42 Å². The maximum atomic E-state index is 12.7. The molecule has 2 aromatic carbocycles. The van der Waals surface area contributed by atoms with Crippen LogP contribution in [0, 0.1) is 5.92 Å². The second kappa shape index (κ2) is 7.93. The highest BCUT2D eigenvalue weighted by Gasteiger charge is 2.29. The van der Waals surface area contributed by atoms with E-state index in [4.69, 9.17) is 5.11 Å². The van der Waals surface area contributed by atoms with E-state index in [1.165, 1.54) is 0 Å². The van der Waals surface area contributed by atoms with E-state index in [0.717, 1.165) is 0 Å². The highest BCUT2D eigenvalue weighted by Crippen LogP contribution is 2.20. The predicted molar refractivity (Wildman–Crippen MR) is 97.1 cm³/mol. The average Bonchev–Trinajstić information content (AvgIpc) is 3.11. The first-order chi connectivity index (χ1) is 12.5. The molecule has 1 amide bonds.